The highest BCUT2D eigenvalue weighted by molar-refractivity contribution is 6.32. The van der Waals surface area contributed by atoms with Crippen molar-refractivity contribution < 1.29 is 15.0 Å². The zero-order valence-electron chi connectivity index (χ0n) is 12.8. The van der Waals surface area contributed by atoms with Crippen LogP contribution < -0.4 is 0 Å². The third-order valence-corrected chi connectivity index (χ3v) is 3.71. The van der Waals surface area contributed by atoms with Crippen molar-refractivity contribution in [2.45, 2.75) is 13.3 Å². The van der Waals surface area contributed by atoms with Gasteiger partial charge in [-0.3, -0.25) is 9.79 Å². The maximum atomic E-state index is 10.6. The van der Waals surface area contributed by atoms with Crippen LogP contribution in [0.15, 0.2) is 53.7 Å². The van der Waals surface area contributed by atoms with Crippen LogP contribution in [-0.2, 0) is 4.79 Å². The Morgan fingerprint density at radius 2 is 1.83 bits per heavy atom. The molecule has 6 heteroatoms. The van der Waals surface area contributed by atoms with Gasteiger partial charge in [-0.15, -0.1) is 0 Å². The number of phenols is 1. The summed E-state index contributed by atoms with van der Waals surface area (Å²) >= 11 is 12.0. The Kier molecular flexibility index (Phi) is 6.01. The number of carboxylic acid groups (broad SMARTS) is 1. The number of aromatic hydroxyl groups is 1. The molecule has 0 radical (unpaired) electrons. The lowest BCUT2D eigenvalue weighted by molar-refractivity contribution is -0.136. The lowest BCUT2D eigenvalue weighted by Crippen LogP contribution is -2.04. The number of hydrogen-bond donors (Lipinski definition) is 2. The number of aliphatic imine (C=N–C) groups is 1. The fourth-order valence-electron chi connectivity index (χ4n) is 2.10. The van der Waals surface area contributed by atoms with Gasteiger partial charge in [0, 0.05) is 27.4 Å². The number of phenolic OH excluding ortho intramolecular Hbond substituents is 1. The SMILES string of the molecule is Cc1cc(Cl)cc(C(=N/C=C/CC(=O)O)c2ccc(Cl)cc2)c1O. The molecule has 0 fully saturated rings. The zero-order valence-corrected chi connectivity index (χ0v) is 14.3. The first kappa shape index (κ1) is 18.0. The van der Waals surface area contributed by atoms with E-state index in [4.69, 9.17) is 28.3 Å². The molecule has 2 aromatic rings. The van der Waals surface area contributed by atoms with E-state index in [1.165, 1.54) is 12.3 Å². The first-order chi connectivity index (χ1) is 11.4. The minimum atomic E-state index is -0.948. The Balaban J connectivity index is 2.55. The van der Waals surface area contributed by atoms with E-state index in [9.17, 15) is 9.90 Å². The summed E-state index contributed by atoms with van der Waals surface area (Å²) in [5, 5.41) is 20.1. The highest BCUT2D eigenvalue weighted by atomic mass is 35.5. The van der Waals surface area contributed by atoms with Crippen molar-refractivity contribution in [3.8, 4) is 5.75 Å². The molecule has 0 amide bonds. The number of hydrogen-bond acceptors (Lipinski definition) is 3. The largest absolute Gasteiger partial charge is 0.507 e. The number of nitrogens with zero attached hydrogens (tertiary/aromatic N) is 1. The third-order valence-electron chi connectivity index (χ3n) is 3.24. The van der Waals surface area contributed by atoms with Crippen molar-refractivity contribution >= 4 is 34.9 Å². The maximum absolute atomic E-state index is 10.6. The highest BCUT2D eigenvalue weighted by Crippen LogP contribution is 2.29. The van der Waals surface area contributed by atoms with Gasteiger partial charge in [-0.2, -0.15) is 0 Å². The molecule has 0 heterocycles. The number of rotatable bonds is 5. The van der Waals surface area contributed by atoms with Crippen LogP contribution in [0.4, 0.5) is 0 Å². The summed E-state index contributed by atoms with van der Waals surface area (Å²) < 4.78 is 0. The molecule has 0 aromatic heterocycles. The molecule has 0 saturated heterocycles. The van der Waals surface area contributed by atoms with E-state index in [1.807, 2.05) is 0 Å². The summed E-state index contributed by atoms with van der Waals surface area (Å²) in [6.45, 7) is 1.74. The lowest BCUT2D eigenvalue weighted by Gasteiger charge is -2.11. The van der Waals surface area contributed by atoms with Crippen LogP contribution in [0.3, 0.4) is 0 Å². The molecular formula is C18H15Cl2NO3. The Bertz CT molecular complexity index is 812. The quantitative estimate of drug-likeness (QED) is 0.747. The van der Waals surface area contributed by atoms with Gasteiger partial charge >= 0.3 is 5.97 Å². The summed E-state index contributed by atoms with van der Waals surface area (Å²) in [6, 6.07) is 10.2. The van der Waals surface area contributed by atoms with Gasteiger partial charge in [0.05, 0.1) is 12.1 Å². The summed E-state index contributed by atoms with van der Waals surface area (Å²) in [7, 11) is 0. The molecule has 0 aliphatic rings. The predicted octanol–water partition coefficient (Wildman–Crippen LogP) is 4.83. The molecule has 0 unspecified atom stereocenters. The molecule has 0 spiro atoms. The standard InChI is InChI=1S/C18H15Cl2NO3/c1-11-9-14(20)10-15(18(11)24)17(21-8-2-3-16(22)23)12-4-6-13(19)7-5-12/h2,4-10,24H,3H2,1H3,(H,22,23)/b8-2+,21-17?. The molecular weight excluding hydrogens is 349 g/mol. The molecule has 0 bridgehead atoms. The summed E-state index contributed by atoms with van der Waals surface area (Å²) in [5.41, 5.74) is 2.27. The van der Waals surface area contributed by atoms with E-state index in [2.05, 4.69) is 4.99 Å². The van der Waals surface area contributed by atoms with Crippen LogP contribution in [0.1, 0.15) is 23.1 Å². The minimum Gasteiger partial charge on any atom is -0.507 e. The van der Waals surface area contributed by atoms with Crippen molar-refractivity contribution in [1.82, 2.24) is 0 Å². The first-order valence-electron chi connectivity index (χ1n) is 7.08. The van der Waals surface area contributed by atoms with Gasteiger partial charge in [0.25, 0.3) is 0 Å². The van der Waals surface area contributed by atoms with Crippen molar-refractivity contribution in [1.29, 1.82) is 0 Å². The van der Waals surface area contributed by atoms with Crippen LogP contribution in [0.5, 0.6) is 5.75 Å². The smallest absolute Gasteiger partial charge is 0.307 e. The van der Waals surface area contributed by atoms with Gasteiger partial charge in [0.15, 0.2) is 0 Å². The Hall–Kier alpha value is -2.30. The van der Waals surface area contributed by atoms with Gasteiger partial charge in [-0.05, 0) is 36.8 Å². The zero-order chi connectivity index (χ0) is 17.7. The number of carboxylic acids is 1. The topological polar surface area (TPSA) is 69.9 Å². The lowest BCUT2D eigenvalue weighted by atomic mass is 9.99. The second-order valence-corrected chi connectivity index (χ2v) is 5.96. The third kappa shape index (κ3) is 4.60. The van der Waals surface area contributed by atoms with E-state index >= 15 is 0 Å². The van der Waals surface area contributed by atoms with Crippen LogP contribution in [0, 0.1) is 6.92 Å². The molecule has 2 rings (SSSR count). The second kappa shape index (κ2) is 7.99. The molecule has 2 N–H and O–H groups in total. The molecule has 4 nitrogen and oxygen atoms in total. The second-order valence-electron chi connectivity index (χ2n) is 5.09. The Morgan fingerprint density at radius 3 is 2.46 bits per heavy atom. The molecule has 24 heavy (non-hydrogen) atoms. The minimum absolute atomic E-state index is 0.0692. The normalized spacial score (nSPS) is 11.9. The fourth-order valence-corrected chi connectivity index (χ4v) is 2.50. The Labute approximate surface area is 149 Å². The summed E-state index contributed by atoms with van der Waals surface area (Å²) in [6.07, 6.45) is 2.68. The van der Waals surface area contributed by atoms with E-state index in [1.54, 1.807) is 43.3 Å². The molecule has 2 aromatic carbocycles. The number of aryl methyl sites for hydroxylation is 1. The van der Waals surface area contributed by atoms with E-state index in [-0.39, 0.29) is 12.2 Å². The summed E-state index contributed by atoms with van der Waals surface area (Å²) in [5.74, 6) is -0.879. The van der Waals surface area contributed by atoms with Crippen molar-refractivity contribution in [3.63, 3.8) is 0 Å². The van der Waals surface area contributed by atoms with Gasteiger partial charge in [0.2, 0.25) is 0 Å². The first-order valence-corrected chi connectivity index (χ1v) is 7.84. The van der Waals surface area contributed by atoms with E-state index < -0.39 is 5.97 Å². The highest BCUT2D eigenvalue weighted by Gasteiger charge is 2.14. The van der Waals surface area contributed by atoms with Crippen molar-refractivity contribution in [2.75, 3.05) is 0 Å². The average Bonchev–Trinajstić information content (AvgIpc) is 2.52. The van der Waals surface area contributed by atoms with Crippen LogP contribution in [0.25, 0.3) is 0 Å². The number of aliphatic carboxylic acids is 1. The predicted molar refractivity (Wildman–Crippen MR) is 96.3 cm³/mol. The fraction of sp³-hybridized carbons (Fsp3) is 0.111. The van der Waals surface area contributed by atoms with Gasteiger partial charge in [-0.25, -0.2) is 0 Å². The monoisotopic (exact) mass is 363 g/mol. The molecule has 0 saturated carbocycles. The average molecular weight is 364 g/mol. The van der Waals surface area contributed by atoms with Crippen LogP contribution in [0.2, 0.25) is 10.0 Å². The number of carbonyl (C=O) groups is 1. The van der Waals surface area contributed by atoms with E-state index in [0.717, 1.165) is 5.56 Å². The number of benzene rings is 2. The number of halogens is 2. The van der Waals surface area contributed by atoms with Crippen molar-refractivity contribution in [2.24, 2.45) is 4.99 Å². The molecule has 0 atom stereocenters. The summed E-state index contributed by atoms with van der Waals surface area (Å²) in [4.78, 5) is 14.9. The van der Waals surface area contributed by atoms with Gasteiger partial charge in [-0.1, -0.05) is 41.4 Å². The van der Waals surface area contributed by atoms with Crippen LogP contribution in [-0.4, -0.2) is 21.9 Å². The molecule has 0 aliphatic carbocycles. The van der Waals surface area contributed by atoms with Crippen LogP contribution >= 0.6 is 23.2 Å². The van der Waals surface area contributed by atoms with E-state index in [0.29, 0.717) is 26.9 Å². The molecule has 124 valence electrons. The van der Waals surface area contributed by atoms with Gasteiger partial charge in [0.1, 0.15) is 5.75 Å². The van der Waals surface area contributed by atoms with Crippen molar-refractivity contribution in [3.05, 3.63) is 75.4 Å². The molecule has 0 aliphatic heterocycles. The maximum Gasteiger partial charge on any atom is 0.307 e. The van der Waals surface area contributed by atoms with Gasteiger partial charge < -0.3 is 10.2 Å². The Morgan fingerprint density at radius 1 is 1.17 bits per heavy atom.